The van der Waals surface area contributed by atoms with Gasteiger partial charge >= 0.3 is 0 Å². The number of nitrogens with zero attached hydrogens (tertiary/aromatic N) is 3. The van der Waals surface area contributed by atoms with Crippen molar-refractivity contribution in [2.24, 2.45) is 0 Å². The Morgan fingerprint density at radius 3 is 2.50 bits per heavy atom. The average Bonchev–Trinajstić information content (AvgIpc) is 3.19. The topological polar surface area (TPSA) is 50.1 Å². The molecule has 2 aromatic rings. The summed E-state index contributed by atoms with van der Waals surface area (Å²) in [6.07, 6.45) is 1.75. The summed E-state index contributed by atoms with van der Waals surface area (Å²) in [5.74, 6) is 0. The number of β-amino-alcohol motifs (C(OH)–C–C–N with tert-alkyl or cyclic N) is 1. The van der Waals surface area contributed by atoms with Gasteiger partial charge in [-0.2, -0.15) is 0 Å². The van der Waals surface area contributed by atoms with Crippen LogP contribution in [0.4, 0.5) is 0 Å². The van der Waals surface area contributed by atoms with Crippen LogP contribution in [0.2, 0.25) is 0 Å². The van der Waals surface area contributed by atoms with Crippen LogP contribution >= 0.6 is 0 Å². The maximum absolute atomic E-state index is 10.7. The van der Waals surface area contributed by atoms with Crippen molar-refractivity contribution >= 4 is 0 Å². The van der Waals surface area contributed by atoms with Crippen molar-refractivity contribution in [3.05, 3.63) is 59.4 Å². The third-order valence-corrected chi connectivity index (χ3v) is 6.14. The van der Waals surface area contributed by atoms with Gasteiger partial charge in [0, 0.05) is 64.8 Å². The zero-order chi connectivity index (χ0) is 23.0. The van der Waals surface area contributed by atoms with Crippen LogP contribution in [0.25, 0.3) is 0 Å². The lowest BCUT2D eigenvalue weighted by Crippen LogP contribution is -2.45. The molecule has 6 nitrogen and oxygen atoms in total. The molecule has 178 valence electrons. The lowest BCUT2D eigenvalue weighted by Gasteiger charge is -2.31. The van der Waals surface area contributed by atoms with Gasteiger partial charge in [-0.3, -0.25) is 9.80 Å². The lowest BCUT2D eigenvalue weighted by atomic mass is 9.87. The number of aliphatic hydroxyl groups excluding tert-OH is 1. The fourth-order valence-electron chi connectivity index (χ4n) is 4.18. The Kier molecular flexibility index (Phi) is 9.32. The Morgan fingerprint density at radius 1 is 1.12 bits per heavy atom. The average molecular weight is 444 g/mol. The second-order valence-corrected chi connectivity index (χ2v) is 9.87. The first-order chi connectivity index (χ1) is 15.3. The number of aromatic nitrogens is 1. The van der Waals surface area contributed by atoms with E-state index in [0.717, 1.165) is 45.9 Å². The Hall–Kier alpha value is -1.70. The van der Waals surface area contributed by atoms with E-state index in [9.17, 15) is 5.11 Å². The number of hydrogen-bond acceptors (Lipinski definition) is 5. The second-order valence-electron chi connectivity index (χ2n) is 9.87. The molecule has 1 aliphatic rings. The Morgan fingerprint density at radius 2 is 1.84 bits per heavy atom. The molecule has 0 aliphatic carbocycles. The predicted octanol–water partition coefficient (Wildman–Crippen LogP) is 2.98. The quantitative estimate of drug-likeness (QED) is 0.579. The zero-order valence-corrected chi connectivity index (χ0v) is 20.3. The highest BCUT2D eigenvalue weighted by molar-refractivity contribution is 5.28. The van der Waals surface area contributed by atoms with Gasteiger partial charge in [-0.05, 0) is 28.7 Å². The van der Waals surface area contributed by atoms with E-state index in [1.807, 2.05) is 0 Å². The molecule has 6 heteroatoms. The maximum Gasteiger partial charge on any atom is 0.0793 e. The van der Waals surface area contributed by atoms with Crippen molar-refractivity contribution < 1.29 is 14.6 Å². The number of hydrogen-bond donors (Lipinski definition) is 1. The minimum atomic E-state index is -0.390. The molecule has 1 aromatic heterocycles. The summed E-state index contributed by atoms with van der Waals surface area (Å²) in [5, 5.41) is 10.7. The molecule has 2 heterocycles. The van der Waals surface area contributed by atoms with Crippen LogP contribution in [0.3, 0.4) is 0 Å². The van der Waals surface area contributed by atoms with E-state index in [0.29, 0.717) is 19.7 Å². The van der Waals surface area contributed by atoms with Crippen LogP contribution in [0, 0.1) is 0 Å². The van der Waals surface area contributed by atoms with E-state index in [1.54, 1.807) is 7.11 Å². The SMILES string of the molecule is COCCN(Cc1cccn1Cc1ccc(C(C)(C)C)cc1)C[C@@H](O)CN1CCOCC1. The smallest absolute Gasteiger partial charge is 0.0793 e. The van der Waals surface area contributed by atoms with Crippen LogP contribution in [0.5, 0.6) is 0 Å². The summed E-state index contributed by atoms with van der Waals surface area (Å²) in [5.41, 5.74) is 4.07. The van der Waals surface area contributed by atoms with Gasteiger partial charge in [0.2, 0.25) is 0 Å². The molecule has 1 saturated heterocycles. The maximum atomic E-state index is 10.7. The third kappa shape index (κ3) is 7.71. The van der Waals surface area contributed by atoms with E-state index in [4.69, 9.17) is 9.47 Å². The number of rotatable bonds is 11. The van der Waals surface area contributed by atoms with E-state index in [2.05, 4.69) is 77.7 Å². The van der Waals surface area contributed by atoms with Crippen LogP contribution in [-0.4, -0.2) is 85.2 Å². The van der Waals surface area contributed by atoms with E-state index >= 15 is 0 Å². The Bertz CT molecular complexity index is 791. The molecule has 0 bridgehead atoms. The summed E-state index contributed by atoms with van der Waals surface area (Å²) in [6, 6.07) is 13.2. The highest BCUT2D eigenvalue weighted by Crippen LogP contribution is 2.22. The highest BCUT2D eigenvalue weighted by Gasteiger charge is 2.19. The van der Waals surface area contributed by atoms with Gasteiger partial charge in [-0.1, -0.05) is 45.0 Å². The molecule has 0 spiro atoms. The molecule has 1 fully saturated rings. The molecule has 0 unspecified atom stereocenters. The van der Waals surface area contributed by atoms with Crippen molar-refractivity contribution in [3.63, 3.8) is 0 Å². The normalized spacial score (nSPS) is 16.6. The lowest BCUT2D eigenvalue weighted by molar-refractivity contribution is 0.00419. The largest absolute Gasteiger partial charge is 0.390 e. The van der Waals surface area contributed by atoms with Crippen LogP contribution in [0.1, 0.15) is 37.6 Å². The minimum absolute atomic E-state index is 0.168. The molecule has 0 radical (unpaired) electrons. The van der Waals surface area contributed by atoms with E-state index in [-0.39, 0.29) is 5.41 Å². The predicted molar refractivity (Wildman–Crippen MR) is 129 cm³/mol. The first-order valence-electron chi connectivity index (χ1n) is 11.8. The third-order valence-electron chi connectivity index (χ3n) is 6.14. The number of ether oxygens (including phenoxy) is 2. The highest BCUT2D eigenvalue weighted by atomic mass is 16.5. The summed E-state index contributed by atoms with van der Waals surface area (Å²) < 4.78 is 13.1. The summed E-state index contributed by atoms with van der Waals surface area (Å²) >= 11 is 0. The first-order valence-corrected chi connectivity index (χ1v) is 11.8. The van der Waals surface area contributed by atoms with Crippen molar-refractivity contribution in [2.75, 3.05) is 59.7 Å². The molecule has 1 aliphatic heterocycles. The molecule has 32 heavy (non-hydrogen) atoms. The van der Waals surface area contributed by atoms with Gasteiger partial charge in [0.1, 0.15) is 0 Å². The van der Waals surface area contributed by atoms with Crippen molar-refractivity contribution in [2.45, 2.75) is 45.4 Å². The zero-order valence-electron chi connectivity index (χ0n) is 20.3. The molecule has 1 N–H and O–H groups in total. The second kappa shape index (κ2) is 12.0. The van der Waals surface area contributed by atoms with Gasteiger partial charge in [-0.25, -0.2) is 0 Å². The minimum Gasteiger partial charge on any atom is -0.390 e. The molecule has 1 aromatic carbocycles. The van der Waals surface area contributed by atoms with Gasteiger partial charge in [-0.15, -0.1) is 0 Å². The number of methoxy groups -OCH3 is 1. The first kappa shape index (κ1) is 24.9. The number of aliphatic hydroxyl groups is 1. The Balaban J connectivity index is 1.61. The van der Waals surface area contributed by atoms with Gasteiger partial charge < -0.3 is 19.1 Å². The molecule has 3 rings (SSSR count). The van der Waals surface area contributed by atoms with Crippen molar-refractivity contribution in [1.82, 2.24) is 14.4 Å². The summed E-state index contributed by atoms with van der Waals surface area (Å²) in [6.45, 7) is 14.4. The summed E-state index contributed by atoms with van der Waals surface area (Å²) in [7, 11) is 1.73. The molecular formula is C26H41N3O3. The van der Waals surface area contributed by atoms with Gasteiger partial charge in [0.25, 0.3) is 0 Å². The van der Waals surface area contributed by atoms with Crippen molar-refractivity contribution in [3.8, 4) is 0 Å². The summed E-state index contributed by atoms with van der Waals surface area (Å²) in [4.78, 5) is 4.58. The molecule has 0 saturated carbocycles. The molecular weight excluding hydrogens is 402 g/mol. The fourth-order valence-corrected chi connectivity index (χ4v) is 4.18. The van der Waals surface area contributed by atoms with Crippen LogP contribution < -0.4 is 0 Å². The molecule has 1 atom stereocenters. The fraction of sp³-hybridized carbons (Fsp3) is 0.615. The van der Waals surface area contributed by atoms with Gasteiger partial charge in [0.15, 0.2) is 0 Å². The monoisotopic (exact) mass is 443 g/mol. The van der Waals surface area contributed by atoms with E-state index in [1.165, 1.54) is 16.8 Å². The number of benzene rings is 1. The molecule has 0 amide bonds. The van der Waals surface area contributed by atoms with Gasteiger partial charge in [0.05, 0.1) is 25.9 Å². The van der Waals surface area contributed by atoms with Crippen molar-refractivity contribution in [1.29, 1.82) is 0 Å². The standard InChI is InChI=1S/C26H41N3O3/c1-26(2,3)23-9-7-22(8-10-23)18-29-11-5-6-24(29)19-28(12-15-31-4)21-25(30)20-27-13-16-32-17-14-27/h5-11,25,30H,12-21H2,1-4H3/t25-/m0/s1. The Labute approximate surface area is 193 Å². The number of morpholine rings is 1. The van der Waals surface area contributed by atoms with Crippen LogP contribution in [-0.2, 0) is 28.0 Å². The van der Waals surface area contributed by atoms with Crippen LogP contribution in [0.15, 0.2) is 42.6 Å². The van der Waals surface area contributed by atoms with E-state index < -0.39 is 6.10 Å².